The Morgan fingerprint density at radius 1 is 1.12 bits per heavy atom. The molecule has 24 heavy (non-hydrogen) atoms. The van der Waals surface area contributed by atoms with E-state index in [0.717, 1.165) is 10.1 Å². The third-order valence-corrected chi connectivity index (χ3v) is 4.61. The van der Waals surface area contributed by atoms with Crippen molar-refractivity contribution in [2.24, 2.45) is 14.1 Å². The molecule has 0 spiro atoms. The van der Waals surface area contributed by atoms with Gasteiger partial charge in [-0.1, -0.05) is 12.1 Å². The van der Waals surface area contributed by atoms with Gasteiger partial charge in [0.15, 0.2) is 5.16 Å². The highest BCUT2D eigenvalue weighted by Crippen LogP contribution is 2.32. The molecule has 0 fully saturated rings. The fourth-order valence-corrected chi connectivity index (χ4v) is 3.02. The summed E-state index contributed by atoms with van der Waals surface area (Å²) in [4.78, 5) is 29.1. The lowest BCUT2D eigenvalue weighted by molar-refractivity contribution is 0.102. The fourth-order valence-electron chi connectivity index (χ4n) is 2.13. The minimum atomic E-state index is -0.265. The fraction of sp³-hybridized carbons (Fsp3) is 0.118. The zero-order valence-corrected chi connectivity index (χ0v) is 14.1. The van der Waals surface area contributed by atoms with Crippen LogP contribution >= 0.6 is 11.8 Å². The molecule has 7 heteroatoms. The monoisotopic (exact) mass is 340 g/mol. The SMILES string of the molecule is Cn1ccnc1Sc1ccccc1NC(=O)c1ccc(=O)n(C)c1. The van der Waals surface area contributed by atoms with Crippen LogP contribution in [0.2, 0.25) is 0 Å². The molecule has 0 unspecified atom stereocenters. The number of anilines is 1. The van der Waals surface area contributed by atoms with Crippen molar-refractivity contribution in [1.82, 2.24) is 14.1 Å². The summed E-state index contributed by atoms with van der Waals surface area (Å²) in [7, 11) is 3.53. The molecule has 1 aromatic carbocycles. The summed E-state index contributed by atoms with van der Waals surface area (Å²) in [6, 6.07) is 10.4. The molecule has 2 heterocycles. The van der Waals surface area contributed by atoms with Crippen molar-refractivity contribution in [2.45, 2.75) is 10.1 Å². The molecule has 0 saturated carbocycles. The van der Waals surface area contributed by atoms with Crippen molar-refractivity contribution in [1.29, 1.82) is 0 Å². The summed E-state index contributed by atoms with van der Waals surface area (Å²) in [5.41, 5.74) is 0.968. The predicted octanol–water partition coefficient (Wildman–Crippen LogP) is 2.52. The number of para-hydroxylation sites is 1. The third-order valence-electron chi connectivity index (χ3n) is 3.46. The second-order valence-electron chi connectivity index (χ2n) is 5.24. The summed E-state index contributed by atoms with van der Waals surface area (Å²) >= 11 is 1.47. The van der Waals surface area contributed by atoms with Gasteiger partial charge in [0.2, 0.25) is 5.56 Å². The van der Waals surface area contributed by atoms with Gasteiger partial charge < -0.3 is 14.5 Å². The standard InChI is InChI=1S/C17H16N4O2S/c1-20-10-9-18-17(20)24-14-6-4-3-5-13(14)19-16(23)12-7-8-15(22)21(2)11-12/h3-11H,1-2H3,(H,19,23). The maximum atomic E-state index is 12.4. The van der Waals surface area contributed by atoms with E-state index in [1.165, 1.54) is 34.7 Å². The van der Waals surface area contributed by atoms with Crippen molar-refractivity contribution >= 4 is 23.4 Å². The average Bonchev–Trinajstić information content (AvgIpc) is 2.97. The molecular weight excluding hydrogens is 324 g/mol. The van der Waals surface area contributed by atoms with E-state index in [2.05, 4.69) is 10.3 Å². The van der Waals surface area contributed by atoms with Gasteiger partial charge in [0, 0.05) is 43.6 Å². The lowest BCUT2D eigenvalue weighted by atomic mass is 10.2. The number of benzene rings is 1. The minimum Gasteiger partial charge on any atom is -0.329 e. The quantitative estimate of drug-likeness (QED) is 0.792. The van der Waals surface area contributed by atoms with Gasteiger partial charge in [-0.15, -0.1) is 0 Å². The van der Waals surface area contributed by atoms with E-state index in [0.29, 0.717) is 11.3 Å². The molecule has 0 aliphatic heterocycles. The number of hydrogen-bond donors (Lipinski definition) is 1. The van der Waals surface area contributed by atoms with Crippen molar-refractivity contribution in [3.8, 4) is 0 Å². The molecule has 0 saturated heterocycles. The second kappa shape index (κ2) is 6.76. The molecule has 122 valence electrons. The smallest absolute Gasteiger partial charge is 0.257 e. The van der Waals surface area contributed by atoms with E-state index in [-0.39, 0.29) is 11.5 Å². The van der Waals surface area contributed by atoms with Gasteiger partial charge in [-0.3, -0.25) is 9.59 Å². The Bertz CT molecular complexity index is 946. The summed E-state index contributed by atoms with van der Waals surface area (Å²) in [5.74, 6) is -0.265. The van der Waals surface area contributed by atoms with E-state index in [9.17, 15) is 9.59 Å². The van der Waals surface area contributed by atoms with Gasteiger partial charge >= 0.3 is 0 Å². The molecule has 3 aromatic rings. The lowest BCUT2D eigenvalue weighted by Gasteiger charge is -2.11. The first-order chi connectivity index (χ1) is 11.5. The molecule has 6 nitrogen and oxygen atoms in total. The molecule has 0 radical (unpaired) electrons. The van der Waals surface area contributed by atoms with Gasteiger partial charge in [-0.25, -0.2) is 4.98 Å². The lowest BCUT2D eigenvalue weighted by Crippen LogP contribution is -2.19. The molecule has 0 bridgehead atoms. The number of carbonyl (C=O) groups excluding carboxylic acids is 1. The first-order valence-electron chi connectivity index (χ1n) is 7.27. The number of aryl methyl sites for hydroxylation is 2. The molecule has 2 aromatic heterocycles. The van der Waals surface area contributed by atoms with Crippen LogP contribution in [0.1, 0.15) is 10.4 Å². The van der Waals surface area contributed by atoms with Gasteiger partial charge in [-0.2, -0.15) is 0 Å². The number of rotatable bonds is 4. The van der Waals surface area contributed by atoms with E-state index in [4.69, 9.17) is 0 Å². The van der Waals surface area contributed by atoms with Crippen molar-refractivity contribution in [2.75, 3.05) is 5.32 Å². The topological polar surface area (TPSA) is 68.9 Å². The number of pyridine rings is 1. The Balaban J connectivity index is 1.84. The Morgan fingerprint density at radius 3 is 2.62 bits per heavy atom. The Morgan fingerprint density at radius 2 is 1.92 bits per heavy atom. The molecule has 3 rings (SSSR count). The van der Waals surface area contributed by atoms with Crippen LogP contribution < -0.4 is 10.9 Å². The molecule has 1 amide bonds. The van der Waals surface area contributed by atoms with Crippen LogP contribution in [0.15, 0.2) is 69.8 Å². The highest BCUT2D eigenvalue weighted by Gasteiger charge is 2.12. The minimum absolute atomic E-state index is 0.155. The number of aromatic nitrogens is 3. The Hall–Kier alpha value is -2.80. The first kappa shape index (κ1) is 16.1. The second-order valence-corrected chi connectivity index (χ2v) is 6.25. The van der Waals surface area contributed by atoms with Gasteiger partial charge in [-0.05, 0) is 30.0 Å². The number of carbonyl (C=O) groups is 1. The highest BCUT2D eigenvalue weighted by molar-refractivity contribution is 7.99. The van der Waals surface area contributed by atoms with E-state index in [1.54, 1.807) is 13.2 Å². The summed E-state index contributed by atoms with van der Waals surface area (Å²) < 4.78 is 3.29. The molecule has 1 N–H and O–H groups in total. The summed E-state index contributed by atoms with van der Waals surface area (Å²) in [5, 5.41) is 3.73. The van der Waals surface area contributed by atoms with E-state index < -0.39 is 0 Å². The van der Waals surface area contributed by atoms with E-state index >= 15 is 0 Å². The van der Waals surface area contributed by atoms with Crippen molar-refractivity contribution in [3.63, 3.8) is 0 Å². The van der Waals surface area contributed by atoms with Crippen molar-refractivity contribution < 1.29 is 4.79 Å². The summed E-state index contributed by atoms with van der Waals surface area (Å²) in [6.07, 6.45) is 5.12. The van der Waals surface area contributed by atoms with Crippen LogP contribution in [0.3, 0.4) is 0 Å². The zero-order valence-electron chi connectivity index (χ0n) is 13.3. The van der Waals surface area contributed by atoms with E-state index in [1.807, 2.05) is 42.1 Å². The Labute approximate surface area is 143 Å². The van der Waals surface area contributed by atoms with Gasteiger partial charge in [0.1, 0.15) is 0 Å². The van der Waals surface area contributed by atoms with Crippen LogP contribution in [0, 0.1) is 0 Å². The van der Waals surface area contributed by atoms with Gasteiger partial charge in [0.05, 0.1) is 11.3 Å². The van der Waals surface area contributed by atoms with Crippen LogP contribution in [-0.2, 0) is 14.1 Å². The number of imidazole rings is 1. The third kappa shape index (κ3) is 3.41. The number of amides is 1. The predicted molar refractivity (Wildman–Crippen MR) is 93.4 cm³/mol. The maximum Gasteiger partial charge on any atom is 0.257 e. The average molecular weight is 340 g/mol. The molecule has 0 aliphatic rings. The first-order valence-corrected chi connectivity index (χ1v) is 8.08. The van der Waals surface area contributed by atoms with Crippen LogP contribution in [-0.4, -0.2) is 20.0 Å². The van der Waals surface area contributed by atoms with Crippen LogP contribution in [0.4, 0.5) is 5.69 Å². The molecule has 0 atom stereocenters. The number of nitrogens with zero attached hydrogens (tertiary/aromatic N) is 3. The largest absolute Gasteiger partial charge is 0.329 e. The molecular formula is C17H16N4O2S. The van der Waals surface area contributed by atoms with Crippen molar-refractivity contribution in [3.05, 3.63) is 70.9 Å². The number of hydrogen-bond acceptors (Lipinski definition) is 4. The normalized spacial score (nSPS) is 10.6. The van der Waals surface area contributed by atoms with Gasteiger partial charge in [0.25, 0.3) is 5.91 Å². The number of nitrogens with one attached hydrogen (secondary N) is 1. The molecule has 0 aliphatic carbocycles. The zero-order chi connectivity index (χ0) is 17.1. The maximum absolute atomic E-state index is 12.4. The summed E-state index contributed by atoms with van der Waals surface area (Å²) in [6.45, 7) is 0. The van der Waals surface area contributed by atoms with Crippen LogP contribution in [0.25, 0.3) is 0 Å². The Kier molecular flexibility index (Phi) is 4.52. The van der Waals surface area contributed by atoms with Crippen LogP contribution in [0.5, 0.6) is 0 Å². The highest BCUT2D eigenvalue weighted by atomic mass is 32.2.